The van der Waals surface area contributed by atoms with Crippen LogP contribution in [0.25, 0.3) is 11.1 Å². The average Bonchev–Trinajstić information content (AvgIpc) is 2.37. The van der Waals surface area contributed by atoms with Crippen molar-refractivity contribution in [3.63, 3.8) is 0 Å². The Hall–Kier alpha value is -2.14. The molecule has 1 aromatic carbocycles. The van der Waals surface area contributed by atoms with Crippen LogP contribution >= 0.6 is 0 Å². The fraction of sp³-hybridized carbons (Fsp3) is 0.231. The first kappa shape index (κ1) is 12.3. The van der Waals surface area contributed by atoms with Gasteiger partial charge in [0, 0.05) is 6.61 Å². The van der Waals surface area contributed by atoms with Crippen LogP contribution in [0.4, 0.5) is 0 Å². The molecule has 0 saturated heterocycles. The van der Waals surface area contributed by atoms with Crippen LogP contribution in [0.2, 0.25) is 0 Å². The van der Waals surface area contributed by atoms with Gasteiger partial charge in [-0.15, -0.1) is 0 Å². The van der Waals surface area contributed by atoms with Gasteiger partial charge < -0.3 is 14.8 Å². The van der Waals surface area contributed by atoms with Gasteiger partial charge in [0.2, 0.25) is 5.88 Å². The Bertz CT molecular complexity index is 579. The molecule has 0 fully saturated rings. The molecule has 5 heteroatoms. The number of H-pyrrole nitrogens is 1. The lowest BCUT2D eigenvalue weighted by atomic mass is 10.1. The molecule has 94 valence electrons. The molecule has 0 aliphatic rings. The Labute approximate surface area is 104 Å². The van der Waals surface area contributed by atoms with Crippen LogP contribution in [0.3, 0.4) is 0 Å². The molecule has 0 aliphatic carbocycles. The highest BCUT2D eigenvalue weighted by Crippen LogP contribution is 2.22. The highest BCUT2D eigenvalue weighted by Gasteiger charge is 2.12. The lowest BCUT2D eigenvalue weighted by molar-refractivity contribution is 0.127. The van der Waals surface area contributed by atoms with E-state index in [0.717, 1.165) is 0 Å². The van der Waals surface area contributed by atoms with Gasteiger partial charge in [0.15, 0.2) is 0 Å². The number of nitrogens with zero attached hydrogens (tertiary/aromatic N) is 1. The van der Waals surface area contributed by atoms with Gasteiger partial charge in [-0.3, -0.25) is 4.79 Å². The smallest absolute Gasteiger partial charge is 0.262 e. The third-order valence-electron chi connectivity index (χ3n) is 2.45. The molecule has 0 saturated carbocycles. The van der Waals surface area contributed by atoms with Gasteiger partial charge in [-0.05, 0) is 12.5 Å². The molecule has 1 aromatic heterocycles. The number of aromatic hydroxyl groups is 1. The van der Waals surface area contributed by atoms with Gasteiger partial charge in [0.1, 0.15) is 18.0 Å². The van der Waals surface area contributed by atoms with Crippen molar-refractivity contribution in [1.29, 1.82) is 0 Å². The summed E-state index contributed by atoms with van der Waals surface area (Å²) in [6.07, 6.45) is 0. The largest absolute Gasteiger partial charge is 0.493 e. The van der Waals surface area contributed by atoms with Crippen LogP contribution in [-0.2, 0) is 11.3 Å². The molecule has 0 unspecified atom stereocenters. The van der Waals surface area contributed by atoms with E-state index in [1.54, 1.807) is 24.3 Å². The molecule has 0 spiro atoms. The van der Waals surface area contributed by atoms with E-state index >= 15 is 0 Å². The topological polar surface area (TPSA) is 75.2 Å². The molecular formula is C13H14N2O3. The van der Waals surface area contributed by atoms with Gasteiger partial charge in [-0.1, -0.05) is 30.3 Å². The molecular weight excluding hydrogens is 232 g/mol. The Balaban J connectivity index is 2.42. The second-order valence-electron chi connectivity index (χ2n) is 3.71. The molecule has 5 nitrogen and oxygen atoms in total. The highest BCUT2D eigenvalue weighted by molar-refractivity contribution is 5.66. The van der Waals surface area contributed by atoms with Crippen LogP contribution in [0.5, 0.6) is 5.88 Å². The Morgan fingerprint density at radius 2 is 2.06 bits per heavy atom. The maximum absolute atomic E-state index is 11.9. The van der Waals surface area contributed by atoms with E-state index in [1.165, 1.54) is 0 Å². The molecule has 0 amide bonds. The third kappa shape index (κ3) is 2.57. The normalized spacial score (nSPS) is 10.5. The van der Waals surface area contributed by atoms with Crippen LogP contribution in [0.15, 0.2) is 35.1 Å². The average molecular weight is 246 g/mol. The zero-order valence-corrected chi connectivity index (χ0v) is 10.0. The Kier molecular flexibility index (Phi) is 3.74. The quantitative estimate of drug-likeness (QED) is 0.860. The Morgan fingerprint density at radius 1 is 1.33 bits per heavy atom. The summed E-state index contributed by atoms with van der Waals surface area (Å²) in [6.45, 7) is 2.54. The fourth-order valence-corrected chi connectivity index (χ4v) is 1.64. The first-order valence-electron chi connectivity index (χ1n) is 5.67. The third-order valence-corrected chi connectivity index (χ3v) is 2.45. The predicted molar refractivity (Wildman–Crippen MR) is 67.3 cm³/mol. The van der Waals surface area contributed by atoms with Crippen molar-refractivity contribution in [3.05, 3.63) is 46.5 Å². The molecule has 18 heavy (non-hydrogen) atoms. The maximum atomic E-state index is 11.9. The zero-order chi connectivity index (χ0) is 13.0. The molecule has 2 rings (SSSR count). The van der Waals surface area contributed by atoms with Gasteiger partial charge in [-0.25, -0.2) is 0 Å². The Morgan fingerprint density at radius 3 is 2.67 bits per heavy atom. The molecule has 0 bridgehead atoms. The van der Waals surface area contributed by atoms with Crippen molar-refractivity contribution in [2.45, 2.75) is 13.5 Å². The summed E-state index contributed by atoms with van der Waals surface area (Å²) in [5.41, 5.74) is 0.436. The standard InChI is InChI=1S/C13H14N2O3/c1-2-18-8-10-14-12(16)11(13(17)15-10)9-6-4-3-5-7-9/h3-7H,2,8H2,1H3,(H2,14,15,16,17). The second-order valence-corrected chi connectivity index (χ2v) is 3.71. The fourth-order valence-electron chi connectivity index (χ4n) is 1.64. The van der Waals surface area contributed by atoms with Crippen molar-refractivity contribution in [3.8, 4) is 17.0 Å². The molecule has 2 aromatic rings. The molecule has 0 atom stereocenters. The SMILES string of the molecule is CCOCc1nc(O)c(-c2ccccc2)c(=O)[nH]1. The van der Waals surface area contributed by atoms with Gasteiger partial charge in [0.25, 0.3) is 5.56 Å². The second kappa shape index (κ2) is 5.46. The number of rotatable bonds is 4. The minimum Gasteiger partial charge on any atom is -0.493 e. The van der Waals surface area contributed by atoms with Crippen LogP contribution in [0.1, 0.15) is 12.7 Å². The summed E-state index contributed by atoms with van der Waals surface area (Å²) in [6, 6.07) is 8.92. The summed E-state index contributed by atoms with van der Waals surface area (Å²) < 4.78 is 5.13. The summed E-state index contributed by atoms with van der Waals surface area (Å²) >= 11 is 0. The minimum atomic E-state index is -0.372. The van der Waals surface area contributed by atoms with E-state index < -0.39 is 0 Å². The lowest BCUT2D eigenvalue weighted by Crippen LogP contribution is -2.14. The molecule has 2 N–H and O–H groups in total. The number of aromatic nitrogens is 2. The van der Waals surface area contributed by atoms with E-state index in [0.29, 0.717) is 18.0 Å². The van der Waals surface area contributed by atoms with Gasteiger partial charge in [-0.2, -0.15) is 4.98 Å². The van der Waals surface area contributed by atoms with Crippen molar-refractivity contribution < 1.29 is 9.84 Å². The monoisotopic (exact) mass is 246 g/mol. The van der Waals surface area contributed by atoms with Crippen molar-refractivity contribution in [2.75, 3.05) is 6.61 Å². The van der Waals surface area contributed by atoms with Crippen LogP contribution in [-0.4, -0.2) is 21.7 Å². The first-order valence-corrected chi connectivity index (χ1v) is 5.67. The number of ether oxygens (including phenoxy) is 1. The number of hydrogen-bond donors (Lipinski definition) is 2. The molecule has 0 radical (unpaired) electrons. The van der Waals surface area contributed by atoms with Gasteiger partial charge in [0.05, 0.1) is 0 Å². The van der Waals surface area contributed by atoms with Crippen LogP contribution < -0.4 is 5.56 Å². The predicted octanol–water partition coefficient (Wildman–Crippen LogP) is 1.68. The van der Waals surface area contributed by atoms with E-state index in [-0.39, 0.29) is 23.6 Å². The zero-order valence-electron chi connectivity index (χ0n) is 10.0. The number of benzene rings is 1. The highest BCUT2D eigenvalue weighted by atomic mass is 16.5. The summed E-state index contributed by atoms with van der Waals surface area (Å²) in [4.78, 5) is 18.4. The summed E-state index contributed by atoms with van der Waals surface area (Å²) in [5, 5.41) is 9.84. The number of nitrogens with one attached hydrogen (secondary N) is 1. The number of aromatic amines is 1. The molecule has 1 heterocycles. The van der Waals surface area contributed by atoms with E-state index in [9.17, 15) is 9.90 Å². The van der Waals surface area contributed by atoms with Crippen molar-refractivity contribution in [1.82, 2.24) is 9.97 Å². The van der Waals surface area contributed by atoms with Crippen molar-refractivity contribution >= 4 is 0 Å². The van der Waals surface area contributed by atoms with Crippen LogP contribution in [0, 0.1) is 0 Å². The van der Waals surface area contributed by atoms with Crippen molar-refractivity contribution in [2.24, 2.45) is 0 Å². The van der Waals surface area contributed by atoms with Gasteiger partial charge >= 0.3 is 0 Å². The first-order chi connectivity index (χ1) is 8.72. The van der Waals surface area contributed by atoms with E-state index in [2.05, 4.69) is 9.97 Å². The minimum absolute atomic E-state index is 0.175. The maximum Gasteiger partial charge on any atom is 0.262 e. The van der Waals surface area contributed by atoms with E-state index in [4.69, 9.17) is 4.74 Å². The van der Waals surface area contributed by atoms with E-state index in [1.807, 2.05) is 13.0 Å². The molecule has 0 aliphatic heterocycles. The summed E-state index contributed by atoms with van der Waals surface area (Å²) in [7, 11) is 0. The summed E-state index contributed by atoms with van der Waals surface area (Å²) in [5.74, 6) is 0.0404. The lowest BCUT2D eigenvalue weighted by Gasteiger charge is -2.06. The number of hydrogen-bond acceptors (Lipinski definition) is 4.